The lowest BCUT2D eigenvalue weighted by Crippen LogP contribution is -2.25. The van der Waals surface area contributed by atoms with Crippen molar-refractivity contribution in [3.8, 4) is 5.75 Å². The van der Waals surface area contributed by atoms with E-state index >= 15 is 0 Å². The molecule has 1 aromatic heterocycles. The maximum absolute atomic E-state index is 11.6. The molecule has 2 aromatic carbocycles. The van der Waals surface area contributed by atoms with Gasteiger partial charge in [0.25, 0.3) is 0 Å². The van der Waals surface area contributed by atoms with E-state index in [9.17, 15) is 4.79 Å². The minimum absolute atomic E-state index is 0.327. The second-order valence-electron chi connectivity index (χ2n) is 5.55. The molecule has 1 unspecified atom stereocenters. The van der Waals surface area contributed by atoms with Crippen molar-refractivity contribution in [2.75, 3.05) is 11.9 Å². The number of fused-ring (bicyclic) bond motifs is 1. The van der Waals surface area contributed by atoms with Crippen molar-refractivity contribution in [2.45, 2.75) is 20.0 Å². The monoisotopic (exact) mass is 371 g/mol. The summed E-state index contributed by atoms with van der Waals surface area (Å²) in [5, 5.41) is 3.79. The van der Waals surface area contributed by atoms with Gasteiger partial charge in [0.05, 0.1) is 23.8 Å². The van der Waals surface area contributed by atoms with E-state index in [0.29, 0.717) is 28.7 Å². The average molecular weight is 372 g/mol. The van der Waals surface area contributed by atoms with Crippen molar-refractivity contribution >= 4 is 40.1 Å². The fourth-order valence-corrected chi connectivity index (χ4v) is 2.49. The van der Waals surface area contributed by atoms with Crippen LogP contribution in [-0.4, -0.2) is 28.6 Å². The predicted molar refractivity (Wildman–Crippen MR) is 101 cm³/mol. The van der Waals surface area contributed by atoms with E-state index < -0.39 is 6.10 Å². The summed E-state index contributed by atoms with van der Waals surface area (Å²) in [4.78, 5) is 20.5. The van der Waals surface area contributed by atoms with Crippen LogP contribution in [0.5, 0.6) is 5.75 Å². The van der Waals surface area contributed by atoms with Gasteiger partial charge in [-0.25, -0.2) is 9.78 Å². The normalized spacial score (nSPS) is 11.8. The van der Waals surface area contributed by atoms with Crippen LogP contribution in [0, 0.1) is 0 Å². The molecule has 0 spiro atoms. The Balaban J connectivity index is 1.68. The molecule has 3 aromatic rings. The Morgan fingerprint density at radius 2 is 1.96 bits per heavy atom. The quantitative estimate of drug-likeness (QED) is 0.649. The van der Waals surface area contributed by atoms with Crippen molar-refractivity contribution in [1.82, 2.24) is 9.97 Å². The first kappa shape index (κ1) is 17.9. The fraction of sp³-hybridized carbons (Fsp3) is 0.211. The summed E-state index contributed by atoms with van der Waals surface area (Å²) in [6.07, 6.45) is 0.994. The van der Waals surface area contributed by atoms with Gasteiger partial charge in [0.15, 0.2) is 6.10 Å². The van der Waals surface area contributed by atoms with Crippen LogP contribution in [0.2, 0.25) is 5.02 Å². The molecule has 1 heterocycles. The molecule has 0 radical (unpaired) electrons. The highest BCUT2D eigenvalue weighted by Crippen LogP contribution is 2.22. The number of ether oxygens (including phenoxy) is 2. The van der Waals surface area contributed by atoms with E-state index in [-0.39, 0.29) is 5.97 Å². The third-order valence-corrected chi connectivity index (χ3v) is 3.80. The van der Waals surface area contributed by atoms with Gasteiger partial charge in [-0.05, 0) is 56.3 Å². The smallest absolute Gasteiger partial charge is 0.347 e. The second kappa shape index (κ2) is 8.01. The molecule has 0 fully saturated rings. The molecule has 0 aliphatic carbocycles. The van der Waals surface area contributed by atoms with Gasteiger partial charge in [0.2, 0.25) is 0 Å². The first-order valence-corrected chi connectivity index (χ1v) is 8.55. The van der Waals surface area contributed by atoms with Crippen LogP contribution in [0.4, 0.5) is 11.5 Å². The number of carbonyl (C=O) groups excluding carboxylic acids is 1. The average Bonchev–Trinajstić information content (AvgIpc) is 2.63. The predicted octanol–water partition coefficient (Wildman–Crippen LogP) is 4.36. The number of benzene rings is 2. The van der Waals surface area contributed by atoms with Crippen molar-refractivity contribution in [3.63, 3.8) is 0 Å². The number of halogens is 1. The number of hydrogen-bond donors (Lipinski definition) is 1. The number of nitrogens with one attached hydrogen (secondary N) is 1. The number of carbonyl (C=O) groups is 1. The van der Waals surface area contributed by atoms with Gasteiger partial charge in [0.1, 0.15) is 11.6 Å². The molecule has 6 nitrogen and oxygen atoms in total. The molecule has 0 saturated heterocycles. The van der Waals surface area contributed by atoms with Crippen molar-refractivity contribution in [1.29, 1.82) is 0 Å². The molecule has 0 saturated carbocycles. The molecule has 1 atom stereocenters. The van der Waals surface area contributed by atoms with Gasteiger partial charge in [0, 0.05) is 10.7 Å². The van der Waals surface area contributed by atoms with Gasteiger partial charge >= 0.3 is 5.97 Å². The summed E-state index contributed by atoms with van der Waals surface area (Å²) in [5.41, 5.74) is 2.30. The molecule has 0 aliphatic rings. The molecule has 0 aliphatic heterocycles. The Bertz CT molecular complexity index is 916. The lowest BCUT2D eigenvalue weighted by molar-refractivity contribution is -0.150. The summed E-state index contributed by atoms with van der Waals surface area (Å²) < 4.78 is 10.5. The first-order chi connectivity index (χ1) is 12.5. The minimum Gasteiger partial charge on any atom is -0.479 e. The number of esters is 1. The fourth-order valence-electron chi connectivity index (χ4n) is 2.32. The highest BCUT2D eigenvalue weighted by Gasteiger charge is 2.15. The summed E-state index contributed by atoms with van der Waals surface area (Å²) in [5.74, 6) is 0.792. The highest BCUT2D eigenvalue weighted by molar-refractivity contribution is 6.31. The van der Waals surface area contributed by atoms with E-state index in [1.165, 1.54) is 0 Å². The number of aromatic nitrogens is 2. The van der Waals surface area contributed by atoms with Crippen molar-refractivity contribution < 1.29 is 14.3 Å². The van der Waals surface area contributed by atoms with E-state index in [2.05, 4.69) is 15.3 Å². The van der Waals surface area contributed by atoms with Crippen molar-refractivity contribution in [3.05, 3.63) is 53.7 Å². The Morgan fingerprint density at radius 3 is 2.69 bits per heavy atom. The maximum Gasteiger partial charge on any atom is 0.347 e. The van der Waals surface area contributed by atoms with Gasteiger partial charge in [-0.1, -0.05) is 11.6 Å². The van der Waals surface area contributed by atoms with Crippen LogP contribution in [0.15, 0.2) is 48.7 Å². The molecule has 3 rings (SSSR count). The first-order valence-electron chi connectivity index (χ1n) is 8.18. The summed E-state index contributed by atoms with van der Waals surface area (Å²) in [6.45, 7) is 3.74. The van der Waals surface area contributed by atoms with Crippen LogP contribution in [0.3, 0.4) is 0 Å². The summed E-state index contributed by atoms with van der Waals surface area (Å²) >= 11 is 6.00. The van der Waals surface area contributed by atoms with Gasteiger partial charge in [-0.15, -0.1) is 0 Å². The molecule has 26 heavy (non-hydrogen) atoms. The molecule has 0 bridgehead atoms. The Kier molecular flexibility index (Phi) is 5.53. The number of anilines is 2. The van der Waals surface area contributed by atoms with E-state index in [1.807, 2.05) is 18.2 Å². The SMILES string of the molecule is CCOC(=O)C(C)Oc1ccc(Nc2cnc3ccc(Cl)cc3n2)cc1. The molecular formula is C19H18ClN3O3. The Hall–Kier alpha value is -2.86. The summed E-state index contributed by atoms with van der Waals surface area (Å²) in [7, 11) is 0. The van der Waals surface area contributed by atoms with E-state index in [1.54, 1.807) is 44.3 Å². The number of nitrogens with zero attached hydrogens (tertiary/aromatic N) is 2. The molecular weight excluding hydrogens is 354 g/mol. The standard InChI is InChI=1S/C19H18ClN3O3/c1-3-25-19(24)12(2)26-15-7-5-14(6-8-15)22-18-11-21-16-9-4-13(20)10-17(16)23-18/h4-12H,3H2,1-2H3,(H,22,23). The lowest BCUT2D eigenvalue weighted by Gasteiger charge is -2.14. The van der Waals surface area contributed by atoms with Gasteiger partial charge in [-0.2, -0.15) is 0 Å². The third-order valence-electron chi connectivity index (χ3n) is 3.56. The van der Waals surface area contributed by atoms with E-state index in [0.717, 1.165) is 11.2 Å². The highest BCUT2D eigenvalue weighted by atomic mass is 35.5. The molecule has 0 amide bonds. The maximum atomic E-state index is 11.6. The second-order valence-corrected chi connectivity index (χ2v) is 5.99. The van der Waals surface area contributed by atoms with Crippen molar-refractivity contribution in [2.24, 2.45) is 0 Å². The van der Waals surface area contributed by atoms with Crippen LogP contribution < -0.4 is 10.1 Å². The van der Waals surface area contributed by atoms with Crippen LogP contribution >= 0.6 is 11.6 Å². The molecule has 1 N–H and O–H groups in total. The zero-order valence-electron chi connectivity index (χ0n) is 14.4. The summed E-state index contributed by atoms with van der Waals surface area (Å²) in [6, 6.07) is 12.6. The zero-order valence-corrected chi connectivity index (χ0v) is 15.2. The number of hydrogen-bond acceptors (Lipinski definition) is 6. The Morgan fingerprint density at radius 1 is 1.19 bits per heavy atom. The zero-order chi connectivity index (χ0) is 18.5. The molecule has 7 heteroatoms. The topological polar surface area (TPSA) is 73.3 Å². The number of rotatable bonds is 6. The largest absolute Gasteiger partial charge is 0.479 e. The Labute approximate surface area is 156 Å². The van der Waals surface area contributed by atoms with Gasteiger partial charge < -0.3 is 14.8 Å². The van der Waals surface area contributed by atoms with Gasteiger partial charge in [-0.3, -0.25) is 4.98 Å². The molecule has 134 valence electrons. The third kappa shape index (κ3) is 4.40. The van der Waals surface area contributed by atoms with Crippen LogP contribution in [0.1, 0.15) is 13.8 Å². The minimum atomic E-state index is -0.662. The van der Waals surface area contributed by atoms with Crippen LogP contribution in [0.25, 0.3) is 11.0 Å². The van der Waals surface area contributed by atoms with E-state index in [4.69, 9.17) is 21.1 Å². The lowest BCUT2D eigenvalue weighted by atomic mass is 10.3. The van der Waals surface area contributed by atoms with Crippen LogP contribution in [-0.2, 0) is 9.53 Å².